The molecule has 2 heterocycles. The zero-order valence-corrected chi connectivity index (χ0v) is 6.49. The van der Waals surface area contributed by atoms with E-state index in [1.54, 1.807) is 6.20 Å². The van der Waals surface area contributed by atoms with E-state index >= 15 is 0 Å². The van der Waals surface area contributed by atoms with Gasteiger partial charge in [-0.3, -0.25) is 11.1 Å². The summed E-state index contributed by atoms with van der Waals surface area (Å²) in [6, 6.07) is 3.76. The smallest absolute Gasteiger partial charge is 0.134 e. The molecule has 0 aliphatic carbocycles. The molecule has 2 rings (SSSR count). The van der Waals surface area contributed by atoms with E-state index in [4.69, 9.17) is 11.5 Å². The highest BCUT2D eigenvalue weighted by molar-refractivity contribution is 5.47. The fourth-order valence-electron chi connectivity index (χ4n) is 1.26. The third kappa shape index (κ3) is 1.14. The zero-order valence-electron chi connectivity index (χ0n) is 6.49. The van der Waals surface area contributed by atoms with E-state index in [9.17, 15) is 0 Å². The molecule has 1 aliphatic rings. The lowest BCUT2D eigenvalue weighted by molar-refractivity contribution is 0.462. The van der Waals surface area contributed by atoms with Gasteiger partial charge in [0.15, 0.2) is 0 Å². The van der Waals surface area contributed by atoms with Crippen LogP contribution in [-0.2, 0) is 0 Å². The number of anilines is 1. The van der Waals surface area contributed by atoms with Crippen LogP contribution in [0.5, 0.6) is 0 Å². The number of pyridine rings is 1. The minimum atomic E-state index is -0.317. The molecule has 1 aromatic heterocycles. The molecule has 0 saturated carbocycles. The molecule has 0 saturated heterocycles. The maximum Gasteiger partial charge on any atom is 0.134 e. The van der Waals surface area contributed by atoms with E-state index < -0.39 is 0 Å². The van der Waals surface area contributed by atoms with E-state index in [-0.39, 0.29) is 12.5 Å². The largest absolute Gasteiger partial charge is 0.342 e. The SMILES string of the molecule is NC1Nc2ncccc2C(N)N1. The molecule has 0 radical (unpaired) electrons. The molecule has 0 spiro atoms. The van der Waals surface area contributed by atoms with Crippen LogP contribution in [0.15, 0.2) is 18.3 Å². The molecule has 64 valence electrons. The van der Waals surface area contributed by atoms with Crippen molar-refractivity contribution in [3.05, 3.63) is 23.9 Å². The first kappa shape index (κ1) is 7.48. The van der Waals surface area contributed by atoms with Crippen LogP contribution in [0.3, 0.4) is 0 Å². The van der Waals surface area contributed by atoms with Crippen LogP contribution in [0.25, 0.3) is 0 Å². The van der Waals surface area contributed by atoms with Crippen LogP contribution in [0, 0.1) is 0 Å². The number of hydrogen-bond donors (Lipinski definition) is 4. The Morgan fingerprint density at radius 2 is 2.25 bits per heavy atom. The number of nitrogens with zero attached hydrogens (tertiary/aromatic N) is 1. The van der Waals surface area contributed by atoms with Crippen molar-refractivity contribution in [2.75, 3.05) is 5.32 Å². The van der Waals surface area contributed by atoms with Gasteiger partial charge in [-0.2, -0.15) is 0 Å². The first-order valence-corrected chi connectivity index (χ1v) is 3.76. The van der Waals surface area contributed by atoms with Gasteiger partial charge in [-0.15, -0.1) is 0 Å². The molecule has 5 nitrogen and oxygen atoms in total. The van der Waals surface area contributed by atoms with Gasteiger partial charge in [0, 0.05) is 11.8 Å². The number of nitrogens with one attached hydrogen (secondary N) is 2. The fraction of sp³-hybridized carbons (Fsp3) is 0.286. The van der Waals surface area contributed by atoms with Crippen LogP contribution in [0.4, 0.5) is 5.82 Å². The summed E-state index contributed by atoms with van der Waals surface area (Å²) in [5, 5.41) is 5.91. The molecule has 1 aromatic rings. The lowest BCUT2D eigenvalue weighted by Gasteiger charge is -2.28. The minimum absolute atomic E-state index is 0.232. The van der Waals surface area contributed by atoms with E-state index in [0.717, 1.165) is 11.4 Å². The summed E-state index contributed by atoms with van der Waals surface area (Å²) in [4.78, 5) is 4.11. The van der Waals surface area contributed by atoms with Crippen molar-refractivity contribution in [1.82, 2.24) is 10.3 Å². The van der Waals surface area contributed by atoms with Gasteiger partial charge >= 0.3 is 0 Å². The van der Waals surface area contributed by atoms with Crippen molar-refractivity contribution < 1.29 is 0 Å². The molecule has 2 atom stereocenters. The Morgan fingerprint density at radius 1 is 1.42 bits per heavy atom. The summed E-state index contributed by atoms with van der Waals surface area (Å²) in [6.07, 6.45) is 1.16. The van der Waals surface area contributed by atoms with Crippen LogP contribution in [-0.4, -0.2) is 11.3 Å². The Hall–Kier alpha value is -1.17. The summed E-state index contributed by atoms with van der Waals surface area (Å²) in [6.45, 7) is 0. The van der Waals surface area contributed by atoms with E-state index in [1.165, 1.54) is 0 Å². The molecule has 0 fully saturated rings. The molecule has 0 bridgehead atoms. The summed E-state index contributed by atoms with van der Waals surface area (Å²) < 4.78 is 0. The van der Waals surface area contributed by atoms with Crippen LogP contribution >= 0.6 is 0 Å². The molecular formula is C7H11N5. The van der Waals surface area contributed by atoms with Gasteiger partial charge in [0.1, 0.15) is 12.1 Å². The summed E-state index contributed by atoms with van der Waals surface area (Å²) in [5.74, 6) is 0.760. The highest BCUT2D eigenvalue weighted by Crippen LogP contribution is 2.20. The number of fused-ring (bicyclic) bond motifs is 1. The molecule has 6 N–H and O–H groups in total. The van der Waals surface area contributed by atoms with Gasteiger partial charge in [-0.25, -0.2) is 4.98 Å². The highest BCUT2D eigenvalue weighted by atomic mass is 15.3. The molecule has 0 aromatic carbocycles. The van der Waals surface area contributed by atoms with Gasteiger partial charge in [0.2, 0.25) is 0 Å². The second-order valence-corrected chi connectivity index (χ2v) is 2.71. The number of hydrogen-bond acceptors (Lipinski definition) is 5. The predicted molar refractivity (Wildman–Crippen MR) is 45.9 cm³/mol. The molecule has 0 amide bonds. The Kier molecular flexibility index (Phi) is 1.69. The Balaban J connectivity index is 2.40. The molecule has 5 heteroatoms. The van der Waals surface area contributed by atoms with Crippen molar-refractivity contribution in [1.29, 1.82) is 0 Å². The first-order chi connectivity index (χ1) is 5.77. The summed E-state index contributed by atoms with van der Waals surface area (Å²) in [7, 11) is 0. The van der Waals surface area contributed by atoms with Crippen molar-refractivity contribution in [2.24, 2.45) is 11.5 Å². The lowest BCUT2D eigenvalue weighted by Crippen LogP contribution is -2.52. The number of nitrogens with two attached hydrogens (primary N) is 2. The predicted octanol–water partition coefficient (Wildman–Crippen LogP) is -0.704. The quantitative estimate of drug-likeness (QED) is 0.408. The summed E-state index contributed by atoms with van der Waals surface area (Å²) in [5.41, 5.74) is 12.3. The third-order valence-corrected chi connectivity index (χ3v) is 1.83. The zero-order chi connectivity index (χ0) is 8.55. The maximum absolute atomic E-state index is 5.77. The van der Waals surface area contributed by atoms with Gasteiger partial charge in [-0.05, 0) is 6.07 Å². The minimum Gasteiger partial charge on any atom is -0.342 e. The van der Waals surface area contributed by atoms with Crippen molar-refractivity contribution in [3.63, 3.8) is 0 Å². The normalized spacial score (nSPS) is 27.5. The van der Waals surface area contributed by atoms with Gasteiger partial charge in [0.05, 0.1) is 6.17 Å². The highest BCUT2D eigenvalue weighted by Gasteiger charge is 2.20. The Labute approximate surface area is 70.2 Å². The van der Waals surface area contributed by atoms with Gasteiger partial charge in [-0.1, -0.05) is 6.07 Å². The molecule has 1 aliphatic heterocycles. The monoisotopic (exact) mass is 165 g/mol. The number of rotatable bonds is 0. The van der Waals surface area contributed by atoms with Crippen molar-refractivity contribution in [3.8, 4) is 0 Å². The third-order valence-electron chi connectivity index (χ3n) is 1.83. The first-order valence-electron chi connectivity index (χ1n) is 3.76. The van der Waals surface area contributed by atoms with Crippen LogP contribution < -0.4 is 22.1 Å². The van der Waals surface area contributed by atoms with Crippen LogP contribution in [0.1, 0.15) is 11.7 Å². The molecule has 2 unspecified atom stereocenters. The van der Waals surface area contributed by atoms with Gasteiger partial charge < -0.3 is 11.1 Å². The fourth-order valence-corrected chi connectivity index (χ4v) is 1.26. The van der Waals surface area contributed by atoms with E-state index in [1.807, 2.05) is 12.1 Å². The average molecular weight is 165 g/mol. The van der Waals surface area contributed by atoms with Crippen molar-refractivity contribution in [2.45, 2.75) is 12.5 Å². The van der Waals surface area contributed by atoms with E-state index in [2.05, 4.69) is 15.6 Å². The second kappa shape index (κ2) is 2.71. The van der Waals surface area contributed by atoms with Gasteiger partial charge in [0.25, 0.3) is 0 Å². The Bertz CT molecular complexity index is 287. The summed E-state index contributed by atoms with van der Waals surface area (Å²) >= 11 is 0. The lowest BCUT2D eigenvalue weighted by atomic mass is 10.2. The molecule has 12 heavy (non-hydrogen) atoms. The average Bonchev–Trinajstić information content (AvgIpc) is 2.04. The number of aromatic nitrogens is 1. The second-order valence-electron chi connectivity index (χ2n) is 2.71. The standard InChI is InChI=1S/C7H11N5/c8-5-4-2-1-3-10-6(4)12-7(9)11-5/h1-3,5,7,11H,8-9H2,(H,10,12). The molecular weight excluding hydrogens is 154 g/mol. The maximum atomic E-state index is 5.77. The van der Waals surface area contributed by atoms with Crippen molar-refractivity contribution >= 4 is 5.82 Å². The topological polar surface area (TPSA) is 89.0 Å². The Morgan fingerprint density at radius 3 is 3.08 bits per heavy atom. The van der Waals surface area contributed by atoms with E-state index in [0.29, 0.717) is 0 Å². The van der Waals surface area contributed by atoms with Crippen LogP contribution in [0.2, 0.25) is 0 Å².